The monoisotopic (exact) mass is 327 g/mol. The van der Waals surface area contributed by atoms with Gasteiger partial charge < -0.3 is 9.47 Å². The predicted molar refractivity (Wildman–Crippen MR) is 89.5 cm³/mol. The average molecular weight is 328 g/mol. The van der Waals surface area contributed by atoms with Gasteiger partial charge in [0.15, 0.2) is 6.29 Å². The van der Waals surface area contributed by atoms with E-state index in [0.717, 1.165) is 22.8 Å². The van der Waals surface area contributed by atoms with E-state index in [9.17, 15) is 4.79 Å². The van der Waals surface area contributed by atoms with Crippen LogP contribution in [-0.2, 0) is 6.61 Å². The minimum Gasteiger partial charge on any atom is -0.497 e. The molecule has 0 radical (unpaired) electrons. The van der Waals surface area contributed by atoms with E-state index < -0.39 is 0 Å². The van der Waals surface area contributed by atoms with Gasteiger partial charge in [-0.3, -0.25) is 4.79 Å². The van der Waals surface area contributed by atoms with E-state index in [2.05, 4.69) is 4.98 Å². The van der Waals surface area contributed by atoms with Crippen molar-refractivity contribution in [2.24, 2.45) is 0 Å². The molecule has 0 aliphatic heterocycles. The highest BCUT2D eigenvalue weighted by molar-refractivity contribution is 6.30. The highest BCUT2D eigenvalue weighted by Crippen LogP contribution is 2.26. The van der Waals surface area contributed by atoms with Crippen molar-refractivity contribution < 1.29 is 14.3 Å². The number of carbonyl (C=O) groups excluding carboxylic acids is 1. The van der Waals surface area contributed by atoms with Crippen LogP contribution in [0.2, 0.25) is 5.15 Å². The van der Waals surface area contributed by atoms with Crippen LogP contribution in [0, 0.1) is 0 Å². The lowest BCUT2D eigenvalue weighted by atomic mass is 10.1. The standard InChI is InChI=1S/C18H14ClNO3/c1-22-15-6-7-17(13(9-15)10-21)23-11-14-8-12-4-2-3-5-16(12)20-18(14)19/h2-10H,11H2,1H3. The van der Waals surface area contributed by atoms with Crippen LogP contribution in [0.3, 0.4) is 0 Å². The number of para-hydroxylation sites is 1. The van der Waals surface area contributed by atoms with Crippen LogP contribution in [0.1, 0.15) is 15.9 Å². The summed E-state index contributed by atoms with van der Waals surface area (Å²) in [6.07, 6.45) is 0.734. The summed E-state index contributed by atoms with van der Waals surface area (Å²) in [5.74, 6) is 1.08. The van der Waals surface area contributed by atoms with Gasteiger partial charge in [0.05, 0.1) is 18.2 Å². The first-order valence-electron chi connectivity index (χ1n) is 7.01. The van der Waals surface area contributed by atoms with Gasteiger partial charge in [0.1, 0.15) is 23.3 Å². The smallest absolute Gasteiger partial charge is 0.153 e. The fourth-order valence-corrected chi connectivity index (χ4v) is 2.47. The molecule has 1 aromatic heterocycles. The molecule has 0 spiro atoms. The van der Waals surface area contributed by atoms with E-state index in [1.165, 1.54) is 0 Å². The minimum absolute atomic E-state index is 0.226. The van der Waals surface area contributed by atoms with Gasteiger partial charge in [0.25, 0.3) is 0 Å². The van der Waals surface area contributed by atoms with E-state index in [0.29, 0.717) is 22.2 Å². The fraction of sp³-hybridized carbons (Fsp3) is 0.111. The van der Waals surface area contributed by atoms with E-state index in [1.807, 2.05) is 30.3 Å². The molecule has 0 aliphatic carbocycles. The number of pyridine rings is 1. The second-order valence-electron chi connectivity index (χ2n) is 4.94. The average Bonchev–Trinajstić information content (AvgIpc) is 2.59. The number of halogens is 1. The van der Waals surface area contributed by atoms with Crippen molar-refractivity contribution in [3.05, 3.63) is 64.8 Å². The van der Waals surface area contributed by atoms with Crippen molar-refractivity contribution in [3.8, 4) is 11.5 Å². The molecule has 4 nitrogen and oxygen atoms in total. The van der Waals surface area contributed by atoms with Crippen LogP contribution in [0.5, 0.6) is 11.5 Å². The van der Waals surface area contributed by atoms with Crippen LogP contribution in [0.4, 0.5) is 0 Å². The number of benzene rings is 2. The molecule has 0 amide bonds. The SMILES string of the molecule is COc1ccc(OCc2cc3ccccc3nc2Cl)c(C=O)c1. The molecule has 0 saturated carbocycles. The number of rotatable bonds is 5. The summed E-state index contributed by atoms with van der Waals surface area (Å²) < 4.78 is 10.8. The Morgan fingerprint density at radius 3 is 2.78 bits per heavy atom. The quantitative estimate of drug-likeness (QED) is 0.518. The number of aldehydes is 1. The molecule has 0 saturated heterocycles. The maximum atomic E-state index is 11.2. The first kappa shape index (κ1) is 15.3. The number of methoxy groups -OCH3 is 1. The second kappa shape index (κ2) is 6.67. The highest BCUT2D eigenvalue weighted by atomic mass is 35.5. The van der Waals surface area contributed by atoms with E-state index in [-0.39, 0.29) is 6.61 Å². The molecular weight excluding hydrogens is 314 g/mol. The molecule has 3 rings (SSSR count). The minimum atomic E-state index is 0.226. The number of hydrogen-bond donors (Lipinski definition) is 0. The maximum absolute atomic E-state index is 11.2. The second-order valence-corrected chi connectivity index (χ2v) is 5.30. The third-order valence-corrected chi connectivity index (χ3v) is 3.80. The summed E-state index contributed by atoms with van der Waals surface area (Å²) in [6.45, 7) is 0.226. The number of nitrogens with zero attached hydrogens (tertiary/aromatic N) is 1. The van der Waals surface area contributed by atoms with Crippen LogP contribution in [-0.4, -0.2) is 18.4 Å². The van der Waals surface area contributed by atoms with Crippen LogP contribution >= 0.6 is 11.6 Å². The molecule has 3 aromatic rings. The summed E-state index contributed by atoms with van der Waals surface area (Å²) in [5, 5.41) is 1.38. The van der Waals surface area contributed by atoms with Crippen molar-refractivity contribution in [1.29, 1.82) is 0 Å². The lowest BCUT2D eigenvalue weighted by Gasteiger charge is -2.11. The Bertz CT molecular complexity index is 864. The lowest BCUT2D eigenvalue weighted by molar-refractivity contribution is 0.111. The first-order chi connectivity index (χ1) is 11.2. The zero-order chi connectivity index (χ0) is 16.2. The Morgan fingerprint density at radius 2 is 2.00 bits per heavy atom. The molecule has 5 heteroatoms. The third kappa shape index (κ3) is 3.27. The van der Waals surface area contributed by atoms with E-state index >= 15 is 0 Å². The molecule has 0 atom stereocenters. The van der Waals surface area contributed by atoms with E-state index in [4.69, 9.17) is 21.1 Å². The Balaban J connectivity index is 1.86. The number of carbonyl (C=O) groups is 1. The third-order valence-electron chi connectivity index (χ3n) is 3.48. The predicted octanol–water partition coefficient (Wildman–Crippen LogP) is 4.29. The molecule has 23 heavy (non-hydrogen) atoms. The van der Waals surface area contributed by atoms with Gasteiger partial charge >= 0.3 is 0 Å². The maximum Gasteiger partial charge on any atom is 0.153 e. The number of aromatic nitrogens is 1. The molecule has 0 aliphatic rings. The summed E-state index contributed by atoms with van der Waals surface area (Å²) in [6, 6.07) is 14.7. The first-order valence-corrected chi connectivity index (χ1v) is 7.39. The molecule has 0 unspecified atom stereocenters. The summed E-state index contributed by atoms with van der Waals surface area (Å²) in [7, 11) is 1.55. The fourth-order valence-electron chi connectivity index (χ4n) is 2.27. The van der Waals surface area contributed by atoms with E-state index in [1.54, 1.807) is 25.3 Å². The van der Waals surface area contributed by atoms with Crippen molar-refractivity contribution >= 4 is 28.8 Å². The Morgan fingerprint density at radius 1 is 1.17 bits per heavy atom. The number of ether oxygens (including phenoxy) is 2. The van der Waals surface area contributed by atoms with Crippen molar-refractivity contribution in [2.45, 2.75) is 6.61 Å². The normalized spacial score (nSPS) is 10.5. The molecule has 116 valence electrons. The number of hydrogen-bond acceptors (Lipinski definition) is 4. The molecule has 0 bridgehead atoms. The molecule has 0 fully saturated rings. The Labute approximate surface area is 138 Å². The van der Waals surface area contributed by atoms with Crippen LogP contribution in [0.15, 0.2) is 48.5 Å². The number of fused-ring (bicyclic) bond motifs is 1. The van der Waals surface area contributed by atoms with Gasteiger partial charge in [0.2, 0.25) is 0 Å². The van der Waals surface area contributed by atoms with Gasteiger partial charge in [-0.1, -0.05) is 29.8 Å². The van der Waals surface area contributed by atoms with Crippen molar-refractivity contribution in [1.82, 2.24) is 4.98 Å². The summed E-state index contributed by atoms with van der Waals surface area (Å²) in [4.78, 5) is 15.5. The van der Waals surface area contributed by atoms with Gasteiger partial charge in [-0.2, -0.15) is 0 Å². The van der Waals surface area contributed by atoms with Crippen LogP contribution < -0.4 is 9.47 Å². The van der Waals surface area contributed by atoms with Gasteiger partial charge in [-0.05, 0) is 30.3 Å². The lowest BCUT2D eigenvalue weighted by Crippen LogP contribution is -2.00. The van der Waals surface area contributed by atoms with Crippen molar-refractivity contribution in [2.75, 3.05) is 7.11 Å². The topological polar surface area (TPSA) is 48.4 Å². The van der Waals surface area contributed by atoms with Crippen molar-refractivity contribution in [3.63, 3.8) is 0 Å². The summed E-state index contributed by atoms with van der Waals surface area (Å²) in [5.41, 5.74) is 2.02. The van der Waals surface area contributed by atoms with Gasteiger partial charge in [-0.15, -0.1) is 0 Å². The van der Waals surface area contributed by atoms with Gasteiger partial charge in [0, 0.05) is 10.9 Å². The molecule has 0 N–H and O–H groups in total. The zero-order valence-electron chi connectivity index (χ0n) is 12.5. The van der Waals surface area contributed by atoms with Crippen LogP contribution in [0.25, 0.3) is 10.9 Å². The summed E-state index contributed by atoms with van der Waals surface area (Å²) >= 11 is 6.21. The Hall–Kier alpha value is -2.59. The molecular formula is C18H14ClNO3. The highest BCUT2D eigenvalue weighted by Gasteiger charge is 2.09. The molecule has 1 heterocycles. The Kier molecular flexibility index (Phi) is 4.44. The zero-order valence-corrected chi connectivity index (χ0v) is 13.2. The largest absolute Gasteiger partial charge is 0.497 e. The van der Waals surface area contributed by atoms with Gasteiger partial charge in [-0.25, -0.2) is 4.98 Å². The molecule has 2 aromatic carbocycles.